The molecule has 0 heterocycles. The molecule has 1 aromatic rings. The lowest BCUT2D eigenvalue weighted by Crippen LogP contribution is -2.59. The fourth-order valence-electron chi connectivity index (χ4n) is 8.14. The smallest absolute Gasteiger partial charge is 0.247 e. The van der Waals surface area contributed by atoms with E-state index in [9.17, 15) is 24.6 Å². The molecule has 3 N–H and O–H groups in total. The molecule has 10 heteroatoms. The van der Waals surface area contributed by atoms with Gasteiger partial charge in [-0.2, -0.15) is 0 Å². The van der Waals surface area contributed by atoms with Gasteiger partial charge in [0.15, 0.2) is 11.5 Å². The van der Waals surface area contributed by atoms with Gasteiger partial charge in [-0.05, 0) is 102 Å². The summed E-state index contributed by atoms with van der Waals surface area (Å²) in [7, 11) is 1.47. The minimum absolute atomic E-state index is 0.0558. The summed E-state index contributed by atoms with van der Waals surface area (Å²) in [6.45, 7) is 2.00. The van der Waals surface area contributed by atoms with Crippen LogP contribution in [0.3, 0.4) is 0 Å². The normalized spacial score (nSPS) is 32.3. The van der Waals surface area contributed by atoms with E-state index in [0.29, 0.717) is 32.8 Å². The van der Waals surface area contributed by atoms with E-state index in [2.05, 4.69) is 5.32 Å². The molecule has 3 atom stereocenters. The maximum absolute atomic E-state index is 13.2. The molecule has 0 aromatic heterocycles. The van der Waals surface area contributed by atoms with Gasteiger partial charge in [0.1, 0.15) is 18.5 Å². The van der Waals surface area contributed by atoms with Crippen LogP contribution in [0, 0.1) is 26.7 Å². The van der Waals surface area contributed by atoms with E-state index >= 15 is 0 Å². The van der Waals surface area contributed by atoms with Gasteiger partial charge in [-0.3, -0.25) is 14.4 Å². The van der Waals surface area contributed by atoms with Crippen LogP contribution < -0.4 is 14.8 Å². The Morgan fingerprint density at radius 1 is 1.18 bits per heavy atom. The molecule has 40 heavy (non-hydrogen) atoms. The quantitative estimate of drug-likeness (QED) is 0.259. The molecule has 6 rings (SSSR count). The van der Waals surface area contributed by atoms with Gasteiger partial charge in [0.25, 0.3) is 0 Å². The SMILES string of the molecule is COc1cc(C=O)cc(I)c1O[C@H]1C=C(C(=O)NCCO)C[C@@H](N(CC23CC4CC(CC(C4)C2)C3)C(C)=O)[C@@H]1O. The van der Waals surface area contributed by atoms with Crippen molar-refractivity contribution in [1.29, 1.82) is 0 Å². The monoisotopic (exact) mass is 666 g/mol. The number of nitrogens with one attached hydrogen (secondary N) is 1. The van der Waals surface area contributed by atoms with Gasteiger partial charge in [0.05, 0.1) is 23.3 Å². The van der Waals surface area contributed by atoms with Crippen LogP contribution >= 0.6 is 22.6 Å². The van der Waals surface area contributed by atoms with Crippen molar-refractivity contribution in [3.63, 3.8) is 0 Å². The highest BCUT2D eigenvalue weighted by Crippen LogP contribution is 2.60. The van der Waals surface area contributed by atoms with Crippen molar-refractivity contribution in [1.82, 2.24) is 10.2 Å². The first-order valence-electron chi connectivity index (χ1n) is 14.2. The largest absolute Gasteiger partial charge is 0.493 e. The number of carbonyl (C=O) groups excluding carboxylic acids is 3. The number of carbonyl (C=O) groups is 3. The van der Waals surface area contributed by atoms with E-state index in [1.165, 1.54) is 33.3 Å². The van der Waals surface area contributed by atoms with Crippen molar-refractivity contribution in [3.8, 4) is 11.5 Å². The number of hydrogen-bond acceptors (Lipinski definition) is 7. The molecule has 2 amide bonds. The second-order valence-electron chi connectivity index (χ2n) is 12.2. The molecular weight excluding hydrogens is 627 g/mol. The number of nitrogens with zero attached hydrogens (tertiary/aromatic N) is 1. The van der Waals surface area contributed by atoms with Crippen molar-refractivity contribution < 1.29 is 34.1 Å². The zero-order valence-electron chi connectivity index (χ0n) is 23.1. The maximum Gasteiger partial charge on any atom is 0.247 e. The average molecular weight is 667 g/mol. The van der Waals surface area contributed by atoms with Crippen LogP contribution in [-0.2, 0) is 9.59 Å². The minimum Gasteiger partial charge on any atom is -0.493 e. The Hall–Kier alpha value is -2.18. The molecule has 4 fully saturated rings. The van der Waals surface area contributed by atoms with Crippen molar-refractivity contribution >= 4 is 40.7 Å². The first kappa shape index (κ1) is 29.3. The topological polar surface area (TPSA) is 125 Å². The molecule has 0 saturated heterocycles. The Bertz CT molecular complexity index is 1150. The summed E-state index contributed by atoms with van der Waals surface area (Å²) in [6.07, 6.45) is 7.68. The van der Waals surface area contributed by atoms with E-state index in [1.54, 1.807) is 23.1 Å². The molecule has 9 nitrogen and oxygen atoms in total. The predicted molar refractivity (Wildman–Crippen MR) is 156 cm³/mol. The molecule has 0 radical (unpaired) electrons. The molecule has 0 spiro atoms. The van der Waals surface area contributed by atoms with Crippen molar-refractivity contribution in [2.75, 3.05) is 26.8 Å². The Labute approximate surface area is 248 Å². The number of methoxy groups -OCH3 is 1. The van der Waals surface area contributed by atoms with Gasteiger partial charge in [0, 0.05) is 37.6 Å². The number of hydrogen-bond donors (Lipinski definition) is 3. The summed E-state index contributed by atoms with van der Waals surface area (Å²) in [5.41, 5.74) is 0.873. The highest BCUT2D eigenvalue weighted by molar-refractivity contribution is 14.1. The van der Waals surface area contributed by atoms with Crippen LogP contribution in [0.25, 0.3) is 0 Å². The number of aldehydes is 1. The Morgan fingerprint density at radius 3 is 2.38 bits per heavy atom. The van der Waals surface area contributed by atoms with Gasteiger partial charge in [-0.25, -0.2) is 0 Å². The van der Waals surface area contributed by atoms with Crippen LogP contribution in [0.4, 0.5) is 0 Å². The van der Waals surface area contributed by atoms with Crippen molar-refractivity contribution in [2.24, 2.45) is 23.2 Å². The van der Waals surface area contributed by atoms with Gasteiger partial charge in [-0.15, -0.1) is 0 Å². The van der Waals surface area contributed by atoms with Crippen molar-refractivity contribution in [3.05, 3.63) is 32.9 Å². The summed E-state index contributed by atoms with van der Waals surface area (Å²) in [4.78, 5) is 39.5. The summed E-state index contributed by atoms with van der Waals surface area (Å²) in [6, 6.07) is 2.56. The number of ether oxygens (including phenoxy) is 2. The number of rotatable bonds is 10. The van der Waals surface area contributed by atoms with Gasteiger partial charge < -0.3 is 29.9 Å². The van der Waals surface area contributed by atoms with Gasteiger partial charge in [0.2, 0.25) is 11.8 Å². The number of aliphatic hydroxyl groups excluding tert-OH is 2. The summed E-state index contributed by atoms with van der Waals surface area (Å²) >= 11 is 2.05. The predicted octanol–water partition coefficient (Wildman–Crippen LogP) is 3.09. The Kier molecular flexibility index (Phi) is 8.77. The summed E-state index contributed by atoms with van der Waals surface area (Å²) < 4.78 is 12.4. The highest BCUT2D eigenvalue weighted by atomic mass is 127. The first-order valence-corrected chi connectivity index (χ1v) is 15.3. The van der Waals surface area contributed by atoms with Crippen molar-refractivity contribution in [2.45, 2.75) is 70.1 Å². The molecule has 4 saturated carbocycles. The third kappa shape index (κ3) is 5.90. The number of amides is 2. The zero-order valence-corrected chi connectivity index (χ0v) is 25.3. The van der Waals surface area contributed by atoms with Crippen LogP contribution in [0.1, 0.15) is 62.2 Å². The third-order valence-corrected chi connectivity index (χ3v) is 10.1. The van der Waals surface area contributed by atoms with E-state index in [0.717, 1.165) is 43.3 Å². The second-order valence-corrected chi connectivity index (χ2v) is 13.4. The standard InChI is InChI=1S/C30H39IN2O7/c1-17(36)33(16-30-12-18-5-19(13-30)7-20(6-18)14-30)24-10-22(29(38)32-3-4-34)11-25(27(24)37)40-28-23(31)8-21(15-35)9-26(28)39-2/h8-9,11,15,18-20,24-25,27,34,37H,3-7,10,12-14,16H2,1-2H3,(H,32,38)/t18?,19?,20?,24-,25+,27+,30?/m1/s1. The van der Waals surface area contributed by atoms with Crippen LogP contribution in [0.5, 0.6) is 11.5 Å². The molecule has 1 aromatic carbocycles. The second kappa shape index (κ2) is 12.0. The van der Waals surface area contributed by atoms with Crippen LogP contribution in [0.15, 0.2) is 23.8 Å². The number of benzene rings is 1. The summed E-state index contributed by atoms with van der Waals surface area (Å²) in [5, 5.41) is 23.7. The zero-order chi connectivity index (χ0) is 28.6. The third-order valence-electron chi connectivity index (χ3n) is 9.33. The minimum atomic E-state index is -1.10. The number of halogens is 1. The van der Waals surface area contributed by atoms with Gasteiger partial charge >= 0.3 is 0 Å². The highest BCUT2D eigenvalue weighted by Gasteiger charge is 2.53. The molecule has 0 unspecified atom stereocenters. The molecule has 0 aliphatic heterocycles. The van der Waals surface area contributed by atoms with E-state index in [-0.39, 0.29) is 36.8 Å². The van der Waals surface area contributed by atoms with Gasteiger partial charge in [-0.1, -0.05) is 0 Å². The number of aliphatic hydroxyl groups is 2. The Morgan fingerprint density at radius 2 is 1.82 bits per heavy atom. The van der Waals surface area contributed by atoms with E-state index in [4.69, 9.17) is 9.47 Å². The first-order chi connectivity index (χ1) is 19.1. The fourth-order valence-corrected chi connectivity index (χ4v) is 8.90. The lowest BCUT2D eigenvalue weighted by Gasteiger charge is -2.58. The summed E-state index contributed by atoms with van der Waals surface area (Å²) in [5.74, 6) is 2.34. The lowest BCUT2D eigenvalue weighted by molar-refractivity contribution is -0.144. The Balaban J connectivity index is 1.46. The van der Waals surface area contributed by atoms with Crippen LogP contribution in [-0.4, -0.2) is 78.3 Å². The lowest BCUT2D eigenvalue weighted by atomic mass is 9.49. The molecule has 4 bridgehead atoms. The molecule has 5 aliphatic carbocycles. The molecule has 218 valence electrons. The fraction of sp³-hybridized carbons (Fsp3) is 0.633. The maximum atomic E-state index is 13.2. The average Bonchev–Trinajstić information content (AvgIpc) is 2.91. The van der Waals surface area contributed by atoms with E-state index in [1.807, 2.05) is 22.6 Å². The van der Waals surface area contributed by atoms with Crippen LogP contribution in [0.2, 0.25) is 0 Å². The molecule has 5 aliphatic rings. The molecular formula is C30H39IN2O7. The van der Waals surface area contributed by atoms with E-state index < -0.39 is 18.2 Å².